The van der Waals surface area contributed by atoms with E-state index in [0.29, 0.717) is 0 Å². The van der Waals surface area contributed by atoms with Gasteiger partial charge in [-0.1, -0.05) is 12.1 Å². The molecule has 1 aliphatic heterocycles. The van der Waals surface area contributed by atoms with Crippen LogP contribution in [0.4, 0.5) is 0 Å². The Hall–Kier alpha value is -1.33. The molecule has 0 amide bonds. The van der Waals surface area contributed by atoms with Crippen LogP contribution in [0.25, 0.3) is 0 Å². The van der Waals surface area contributed by atoms with Crippen molar-refractivity contribution in [3.8, 4) is 6.07 Å². The molecule has 0 N–H and O–H groups in total. The Balaban J connectivity index is 1.95. The first kappa shape index (κ1) is 10.2. The third-order valence-electron chi connectivity index (χ3n) is 2.95. The van der Waals surface area contributed by atoms with Crippen LogP contribution < -0.4 is 0 Å². The van der Waals surface area contributed by atoms with Gasteiger partial charge in [0.15, 0.2) is 0 Å². The molecule has 1 aromatic rings. The smallest absolute Gasteiger partial charge is 0.0991 e. The van der Waals surface area contributed by atoms with Gasteiger partial charge in [-0.15, -0.1) is 0 Å². The molecular formula is C13H15NO. The van der Waals surface area contributed by atoms with Crippen LogP contribution in [0.5, 0.6) is 0 Å². The maximum atomic E-state index is 8.68. The van der Waals surface area contributed by atoms with Crippen molar-refractivity contribution in [3.05, 3.63) is 35.4 Å². The summed E-state index contributed by atoms with van der Waals surface area (Å²) in [5, 5.41) is 8.68. The number of hydrogen-bond donors (Lipinski definition) is 0. The van der Waals surface area contributed by atoms with E-state index in [9.17, 15) is 0 Å². The standard InChI is InChI=1S/C13H15NO/c14-10-13-3-1-11(2-4-13)9-12-5-7-15-8-6-12/h1-4,12H,5-9H2. The fourth-order valence-corrected chi connectivity index (χ4v) is 2.00. The van der Waals surface area contributed by atoms with Crippen LogP contribution in [0.3, 0.4) is 0 Å². The summed E-state index contributed by atoms with van der Waals surface area (Å²) in [5.41, 5.74) is 2.08. The Labute approximate surface area is 90.5 Å². The van der Waals surface area contributed by atoms with Crippen LogP contribution in [-0.4, -0.2) is 13.2 Å². The molecule has 0 bridgehead atoms. The highest BCUT2D eigenvalue weighted by Gasteiger charge is 2.13. The van der Waals surface area contributed by atoms with Gasteiger partial charge in [-0.05, 0) is 42.9 Å². The van der Waals surface area contributed by atoms with E-state index in [1.807, 2.05) is 12.1 Å². The maximum absolute atomic E-state index is 8.68. The van der Waals surface area contributed by atoms with Crippen LogP contribution in [0.2, 0.25) is 0 Å². The SMILES string of the molecule is N#Cc1ccc(CC2CCOCC2)cc1. The van der Waals surface area contributed by atoms with E-state index in [-0.39, 0.29) is 0 Å². The topological polar surface area (TPSA) is 33.0 Å². The first-order valence-corrected chi connectivity index (χ1v) is 5.45. The lowest BCUT2D eigenvalue weighted by molar-refractivity contribution is 0.0665. The van der Waals surface area contributed by atoms with Crippen molar-refractivity contribution < 1.29 is 4.74 Å². The predicted octanol–water partition coefficient (Wildman–Crippen LogP) is 2.53. The van der Waals surface area contributed by atoms with Gasteiger partial charge in [0.05, 0.1) is 11.6 Å². The Morgan fingerprint density at radius 1 is 1.20 bits per heavy atom. The molecule has 78 valence electrons. The minimum absolute atomic E-state index is 0.741. The molecule has 0 saturated carbocycles. The molecular weight excluding hydrogens is 186 g/mol. The first-order chi connectivity index (χ1) is 7.38. The molecule has 0 unspecified atom stereocenters. The Bertz CT molecular complexity index is 344. The second kappa shape index (κ2) is 4.95. The summed E-state index contributed by atoms with van der Waals surface area (Å²) >= 11 is 0. The van der Waals surface area contributed by atoms with Gasteiger partial charge in [-0.2, -0.15) is 5.26 Å². The number of hydrogen-bond acceptors (Lipinski definition) is 2. The van der Waals surface area contributed by atoms with Gasteiger partial charge in [0, 0.05) is 13.2 Å². The third-order valence-corrected chi connectivity index (χ3v) is 2.95. The van der Waals surface area contributed by atoms with Gasteiger partial charge < -0.3 is 4.74 Å². The number of rotatable bonds is 2. The summed E-state index contributed by atoms with van der Waals surface area (Å²) in [6.07, 6.45) is 3.45. The first-order valence-electron chi connectivity index (χ1n) is 5.45. The number of nitrogens with zero attached hydrogens (tertiary/aromatic N) is 1. The van der Waals surface area contributed by atoms with Crippen molar-refractivity contribution in [2.75, 3.05) is 13.2 Å². The second-order valence-electron chi connectivity index (χ2n) is 4.07. The average molecular weight is 201 g/mol. The normalized spacial score (nSPS) is 17.3. The summed E-state index contributed by atoms with van der Waals surface area (Å²) in [6.45, 7) is 1.81. The van der Waals surface area contributed by atoms with Crippen LogP contribution >= 0.6 is 0 Å². The van der Waals surface area contributed by atoms with E-state index < -0.39 is 0 Å². The summed E-state index contributed by atoms with van der Waals surface area (Å²) in [6, 6.07) is 10.1. The summed E-state index contributed by atoms with van der Waals surface area (Å²) in [5.74, 6) is 0.756. The zero-order valence-corrected chi connectivity index (χ0v) is 8.78. The highest BCUT2D eigenvalue weighted by atomic mass is 16.5. The minimum atomic E-state index is 0.741. The van der Waals surface area contributed by atoms with Gasteiger partial charge in [0.1, 0.15) is 0 Å². The Morgan fingerprint density at radius 2 is 1.87 bits per heavy atom. The predicted molar refractivity (Wildman–Crippen MR) is 58.4 cm³/mol. The number of nitriles is 1. The van der Waals surface area contributed by atoms with E-state index >= 15 is 0 Å². The van der Waals surface area contributed by atoms with Gasteiger partial charge in [-0.25, -0.2) is 0 Å². The molecule has 0 aliphatic carbocycles. The highest BCUT2D eigenvalue weighted by Crippen LogP contribution is 2.20. The molecule has 0 atom stereocenters. The van der Waals surface area contributed by atoms with Crippen molar-refractivity contribution in [3.63, 3.8) is 0 Å². The van der Waals surface area contributed by atoms with E-state index in [1.54, 1.807) is 0 Å². The lowest BCUT2D eigenvalue weighted by Gasteiger charge is -2.21. The van der Waals surface area contributed by atoms with E-state index in [0.717, 1.165) is 31.1 Å². The lowest BCUT2D eigenvalue weighted by Crippen LogP contribution is -2.17. The van der Waals surface area contributed by atoms with Crippen molar-refractivity contribution in [2.24, 2.45) is 5.92 Å². The molecule has 1 heterocycles. The lowest BCUT2D eigenvalue weighted by atomic mass is 9.92. The molecule has 0 spiro atoms. The molecule has 1 saturated heterocycles. The van der Waals surface area contributed by atoms with Gasteiger partial charge in [-0.3, -0.25) is 0 Å². The quantitative estimate of drug-likeness (QED) is 0.736. The highest BCUT2D eigenvalue weighted by molar-refractivity contribution is 5.31. The second-order valence-corrected chi connectivity index (χ2v) is 4.07. The largest absolute Gasteiger partial charge is 0.381 e. The van der Waals surface area contributed by atoms with E-state index in [1.165, 1.54) is 18.4 Å². The maximum Gasteiger partial charge on any atom is 0.0991 e. The van der Waals surface area contributed by atoms with Crippen molar-refractivity contribution in [2.45, 2.75) is 19.3 Å². The number of ether oxygens (including phenoxy) is 1. The monoisotopic (exact) mass is 201 g/mol. The summed E-state index contributed by atoms with van der Waals surface area (Å²) in [4.78, 5) is 0. The van der Waals surface area contributed by atoms with Crippen molar-refractivity contribution >= 4 is 0 Å². The van der Waals surface area contributed by atoms with Gasteiger partial charge >= 0.3 is 0 Å². The minimum Gasteiger partial charge on any atom is -0.381 e. The fraction of sp³-hybridized carbons (Fsp3) is 0.462. The van der Waals surface area contributed by atoms with Gasteiger partial charge in [0.25, 0.3) is 0 Å². The van der Waals surface area contributed by atoms with Crippen molar-refractivity contribution in [1.29, 1.82) is 5.26 Å². The zero-order chi connectivity index (χ0) is 10.5. The van der Waals surface area contributed by atoms with Gasteiger partial charge in [0.2, 0.25) is 0 Å². The average Bonchev–Trinajstić information content (AvgIpc) is 2.31. The Morgan fingerprint density at radius 3 is 2.47 bits per heavy atom. The van der Waals surface area contributed by atoms with Crippen LogP contribution in [0.15, 0.2) is 24.3 Å². The molecule has 0 radical (unpaired) electrons. The Kier molecular flexibility index (Phi) is 3.37. The molecule has 15 heavy (non-hydrogen) atoms. The summed E-state index contributed by atoms with van der Waals surface area (Å²) in [7, 11) is 0. The van der Waals surface area contributed by atoms with E-state index in [4.69, 9.17) is 10.00 Å². The van der Waals surface area contributed by atoms with E-state index in [2.05, 4.69) is 18.2 Å². The third kappa shape index (κ3) is 2.81. The molecule has 2 rings (SSSR count). The zero-order valence-electron chi connectivity index (χ0n) is 8.78. The summed E-state index contributed by atoms with van der Waals surface area (Å²) < 4.78 is 5.33. The number of benzene rings is 1. The van der Waals surface area contributed by atoms with Crippen LogP contribution in [-0.2, 0) is 11.2 Å². The molecule has 1 aromatic carbocycles. The molecule has 2 heteroatoms. The molecule has 1 aliphatic rings. The van der Waals surface area contributed by atoms with Crippen molar-refractivity contribution in [1.82, 2.24) is 0 Å². The molecule has 0 aromatic heterocycles. The molecule has 2 nitrogen and oxygen atoms in total. The van der Waals surface area contributed by atoms with Crippen LogP contribution in [0, 0.1) is 17.2 Å². The molecule has 1 fully saturated rings. The fourth-order valence-electron chi connectivity index (χ4n) is 2.00. The van der Waals surface area contributed by atoms with Crippen LogP contribution in [0.1, 0.15) is 24.0 Å².